The summed E-state index contributed by atoms with van der Waals surface area (Å²) in [5, 5.41) is 0.976. The van der Waals surface area contributed by atoms with Crippen LogP contribution in [0.25, 0.3) is 0 Å². The molecule has 0 N–H and O–H groups in total. The third-order valence-electron chi connectivity index (χ3n) is 3.19. The van der Waals surface area contributed by atoms with Crippen LogP contribution in [0.3, 0.4) is 0 Å². The van der Waals surface area contributed by atoms with Crippen molar-refractivity contribution in [3.63, 3.8) is 0 Å². The fourth-order valence-corrected chi connectivity index (χ4v) is 2.71. The summed E-state index contributed by atoms with van der Waals surface area (Å²) in [7, 11) is 1.71. The number of hydrogen-bond donors (Lipinski definition) is 0. The lowest BCUT2D eigenvalue weighted by molar-refractivity contribution is 0.274. The van der Waals surface area contributed by atoms with Gasteiger partial charge in [-0.25, -0.2) is 0 Å². The number of rotatable bonds is 7. The van der Waals surface area contributed by atoms with Gasteiger partial charge in [-0.3, -0.25) is 4.90 Å². The van der Waals surface area contributed by atoms with Crippen LogP contribution in [0, 0.1) is 0 Å². The van der Waals surface area contributed by atoms with Crippen molar-refractivity contribution in [3.8, 4) is 5.75 Å². The Morgan fingerprint density at radius 2 is 1.65 bits per heavy atom. The van der Waals surface area contributed by atoms with Crippen LogP contribution in [-0.2, 0) is 13.1 Å². The highest BCUT2D eigenvalue weighted by atomic mass is 79.9. The van der Waals surface area contributed by atoms with Crippen molar-refractivity contribution in [1.29, 1.82) is 0 Å². The molecule has 0 aliphatic rings. The molecule has 2 nitrogen and oxygen atoms in total. The minimum Gasteiger partial charge on any atom is -0.497 e. The maximum Gasteiger partial charge on any atom is 0.119 e. The van der Waals surface area contributed by atoms with Gasteiger partial charge in [0.05, 0.1) is 7.11 Å². The first-order chi connectivity index (χ1) is 9.81. The van der Waals surface area contributed by atoms with Crippen LogP contribution in [0.2, 0.25) is 0 Å². The first-order valence-electron chi connectivity index (χ1n) is 6.77. The zero-order valence-corrected chi connectivity index (χ0v) is 13.3. The van der Waals surface area contributed by atoms with E-state index in [1.807, 2.05) is 12.1 Å². The van der Waals surface area contributed by atoms with Crippen molar-refractivity contribution in [2.45, 2.75) is 13.1 Å². The smallest absolute Gasteiger partial charge is 0.119 e. The van der Waals surface area contributed by atoms with Crippen LogP contribution in [0.1, 0.15) is 11.1 Å². The fourth-order valence-electron chi connectivity index (χ4n) is 2.20. The lowest BCUT2D eigenvalue weighted by Gasteiger charge is -2.21. The summed E-state index contributed by atoms with van der Waals surface area (Å²) in [6.45, 7) is 2.91. The maximum absolute atomic E-state index is 5.29. The van der Waals surface area contributed by atoms with Gasteiger partial charge < -0.3 is 4.74 Å². The van der Waals surface area contributed by atoms with Gasteiger partial charge in [-0.05, 0) is 23.3 Å². The molecule has 0 spiro atoms. The van der Waals surface area contributed by atoms with E-state index in [4.69, 9.17) is 4.74 Å². The highest BCUT2D eigenvalue weighted by molar-refractivity contribution is 9.09. The molecule has 0 fully saturated rings. The molecule has 2 aromatic rings. The molecule has 0 amide bonds. The SMILES string of the molecule is COc1cccc(CN(CCBr)Cc2ccccc2)c1. The molecule has 0 atom stereocenters. The van der Waals surface area contributed by atoms with Crippen molar-refractivity contribution in [3.05, 3.63) is 65.7 Å². The molecule has 0 aliphatic heterocycles. The van der Waals surface area contributed by atoms with Gasteiger partial charge in [0, 0.05) is 25.0 Å². The highest BCUT2D eigenvalue weighted by Crippen LogP contribution is 2.16. The second-order valence-corrected chi connectivity index (χ2v) is 5.53. The molecule has 0 radical (unpaired) electrons. The van der Waals surface area contributed by atoms with Crippen LogP contribution in [-0.4, -0.2) is 23.9 Å². The molecule has 0 saturated carbocycles. The number of ether oxygens (including phenoxy) is 1. The van der Waals surface area contributed by atoms with Crippen LogP contribution >= 0.6 is 15.9 Å². The summed E-state index contributed by atoms with van der Waals surface area (Å²) >= 11 is 3.54. The molecule has 106 valence electrons. The monoisotopic (exact) mass is 333 g/mol. The standard InChI is InChI=1S/C17H20BrNO/c1-20-17-9-5-8-16(12-17)14-19(11-10-18)13-15-6-3-2-4-7-15/h2-9,12H,10-11,13-14H2,1H3. The normalized spacial score (nSPS) is 10.8. The van der Waals surface area contributed by atoms with Gasteiger partial charge >= 0.3 is 0 Å². The first kappa shape index (κ1) is 15.1. The molecule has 0 aromatic heterocycles. The summed E-state index contributed by atoms with van der Waals surface area (Å²) in [6, 6.07) is 18.9. The molecule has 0 unspecified atom stereocenters. The Hall–Kier alpha value is -1.32. The Balaban J connectivity index is 2.04. The fraction of sp³-hybridized carbons (Fsp3) is 0.294. The summed E-state index contributed by atoms with van der Waals surface area (Å²) in [5.74, 6) is 0.918. The van der Waals surface area contributed by atoms with Gasteiger partial charge in [-0.1, -0.05) is 58.4 Å². The Bertz CT molecular complexity index is 515. The maximum atomic E-state index is 5.29. The second-order valence-electron chi connectivity index (χ2n) is 4.74. The Morgan fingerprint density at radius 3 is 2.35 bits per heavy atom. The lowest BCUT2D eigenvalue weighted by atomic mass is 10.1. The highest BCUT2D eigenvalue weighted by Gasteiger charge is 2.07. The van der Waals surface area contributed by atoms with Gasteiger partial charge in [-0.15, -0.1) is 0 Å². The van der Waals surface area contributed by atoms with Crippen LogP contribution in [0.5, 0.6) is 5.75 Å². The minimum absolute atomic E-state index is 0.918. The van der Waals surface area contributed by atoms with Crippen molar-refractivity contribution in [1.82, 2.24) is 4.90 Å². The topological polar surface area (TPSA) is 12.5 Å². The second kappa shape index (κ2) is 8.08. The van der Waals surface area contributed by atoms with Gasteiger partial charge in [-0.2, -0.15) is 0 Å². The zero-order valence-electron chi connectivity index (χ0n) is 11.8. The average molecular weight is 334 g/mol. The largest absolute Gasteiger partial charge is 0.497 e. The Kier molecular flexibility index (Phi) is 6.09. The predicted molar refractivity (Wildman–Crippen MR) is 87.3 cm³/mol. The van der Waals surface area contributed by atoms with Gasteiger partial charge in [0.15, 0.2) is 0 Å². The number of nitrogens with zero attached hydrogens (tertiary/aromatic N) is 1. The number of methoxy groups -OCH3 is 1. The molecular weight excluding hydrogens is 314 g/mol. The van der Waals surface area contributed by atoms with E-state index in [9.17, 15) is 0 Å². The van der Waals surface area contributed by atoms with E-state index in [-0.39, 0.29) is 0 Å². The van der Waals surface area contributed by atoms with Gasteiger partial charge in [0.1, 0.15) is 5.75 Å². The molecule has 0 heterocycles. The summed E-state index contributed by atoms with van der Waals surface area (Å²) in [6.07, 6.45) is 0. The van der Waals surface area contributed by atoms with Gasteiger partial charge in [0.2, 0.25) is 0 Å². The number of halogens is 1. The molecule has 2 rings (SSSR count). The Labute approximate surface area is 129 Å². The first-order valence-corrected chi connectivity index (χ1v) is 7.89. The van der Waals surface area contributed by atoms with E-state index in [0.717, 1.165) is 30.7 Å². The van der Waals surface area contributed by atoms with Crippen LogP contribution < -0.4 is 4.74 Å². The van der Waals surface area contributed by atoms with Crippen LogP contribution in [0.15, 0.2) is 54.6 Å². The number of hydrogen-bond acceptors (Lipinski definition) is 2. The molecule has 3 heteroatoms. The third-order valence-corrected chi connectivity index (χ3v) is 3.54. The molecule has 20 heavy (non-hydrogen) atoms. The number of alkyl halides is 1. The zero-order chi connectivity index (χ0) is 14.2. The molecule has 0 saturated heterocycles. The van der Waals surface area contributed by atoms with E-state index in [0.29, 0.717) is 0 Å². The Morgan fingerprint density at radius 1 is 0.950 bits per heavy atom. The lowest BCUT2D eigenvalue weighted by Crippen LogP contribution is -2.24. The third kappa shape index (κ3) is 4.66. The average Bonchev–Trinajstić information content (AvgIpc) is 2.49. The van der Waals surface area contributed by atoms with Crippen LogP contribution in [0.4, 0.5) is 0 Å². The van der Waals surface area contributed by atoms with Crippen molar-refractivity contribution in [2.24, 2.45) is 0 Å². The predicted octanol–water partition coefficient (Wildman–Crippen LogP) is 4.09. The van der Waals surface area contributed by atoms with Crippen molar-refractivity contribution in [2.75, 3.05) is 19.0 Å². The van der Waals surface area contributed by atoms with E-state index >= 15 is 0 Å². The van der Waals surface area contributed by atoms with E-state index in [2.05, 4.69) is 63.3 Å². The molecule has 0 bridgehead atoms. The van der Waals surface area contributed by atoms with Crippen molar-refractivity contribution < 1.29 is 4.74 Å². The summed E-state index contributed by atoms with van der Waals surface area (Å²) < 4.78 is 5.29. The summed E-state index contributed by atoms with van der Waals surface area (Å²) in [5.41, 5.74) is 2.62. The van der Waals surface area contributed by atoms with E-state index in [1.54, 1.807) is 7.11 Å². The molecule has 2 aromatic carbocycles. The van der Waals surface area contributed by atoms with E-state index < -0.39 is 0 Å². The molecular formula is C17H20BrNO. The quantitative estimate of drug-likeness (QED) is 0.707. The summed E-state index contributed by atoms with van der Waals surface area (Å²) in [4.78, 5) is 2.43. The molecule has 0 aliphatic carbocycles. The van der Waals surface area contributed by atoms with Gasteiger partial charge in [0.25, 0.3) is 0 Å². The van der Waals surface area contributed by atoms with E-state index in [1.165, 1.54) is 11.1 Å². The minimum atomic E-state index is 0.918. The van der Waals surface area contributed by atoms with Crippen molar-refractivity contribution >= 4 is 15.9 Å². The number of benzene rings is 2.